The third kappa shape index (κ3) is 5.97. The van der Waals surface area contributed by atoms with Gasteiger partial charge in [0.1, 0.15) is 12.1 Å². The minimum Gasteiger partial charge on any atom is -0.324 e. The lowest BCUT2D eigenvalue weighted by Gasteiger charge is -2.39. The fourth-order valence-electron chi connectivity index (χ4n) is 5.72. The number of likely N-dealkylation sites (tertiary alicyclic amines) is 1. The summed E-state index contributed by atoms with van der Waals surface area (Å²) >= 11 is 0. The van der Waals surface area contributed by atoms with Crippen molar-refractivity contribution in [3.05, 3.63) is 113 Å². The van der Waals surface area contributed by atoms with Crippen molar-refractivity contribution in [3.63, 3.8) is 0 Å². The van der Waals surface area contributed by atoms with Crippen LogP contribution >= 0.6 is 0 Å². The highest BCUT2D eigenvalue weighted by atomic mass is 19.1. The Morgan fingerprint density at radius 3 is 2.42 bits per heavy atom. The number of hydrogen-bond acceptors (Lipinski definition) is 5. The quantitative estimate of drug-likeness (QED) is 0.292. The second-order valence-electron chi connectivity index (χ2n) is 11.3. The Hall–Kier alpha value is -3.91. The molecule has 5 rings (SSSR count). The predicted octanol–water partition coefficient (Wildman–Crippen LogP) is 5.89. The zero-order chi connectivity index (χ0) is 28.3. The van der Waals surface area contributed by atoms with Gasteiger partial charge < -0.3 is 4.90 Å². The van der Waals surface area contributed by atoms with Crippen molar-refractivity contribution in [2.45, 2.75) is 65.1 Å². The number of carbonyl (C=O) groups excluding carboxylic acids is 1. The van der Waals surface area contributed by atoms with Gasteiger partial charge in [0.05, 0.1) is 11.4 Å². The van der Waals surface area contributed by atoms with E-state index in [-0.39, 0.29) is 23.3 Å². The van der Waals surface area contributed by atoms with Crippen molar-refractivity contribution >= 4 is 6.03 Å². The van der Waals surface area contributed by atoms with Crippen LogP contribution in [0.5, 0.6) is 0 Å². The van der Waals surface area contributed by atoms with Crippen LogP contribution in [0.25, 0.3) is 0 Å². The maximum atomic E-state index is 13.7. The molecule has 4 aromatic rings. The van der Waals surface area contributed by atoms with Gasteiger partial charge in [-0.3, -0.25) is 19.4 Å². The Balaban J connectivity index is 1.42. The molecular formula is C32H37FN6O. The molecule has 0 spiro atoms. The highest BCUT2D eigenvalue weighted by Gasteiger charge is 2.31. The van der Waals surface area contributed by atoms with Gasteiger partial charge >= 0.3 is 6.03 Å². The molecule has 0 N–H and O–H groups in total. The van der Waals surface area contributed by atoms with Gasteiger partial charge in [0, 0.05) is 62.4 Å². The van der Waals surface area contributed by atoms with Crippen molar-refractivity contribution in [2.24, 2.45) is 0 Å². The van der Waals surface area contributed by atoms with Crippen LogP contribution in [0, 0.1) is 19.7 Å². The SMILES string of the molecule is Cc1cnc(CN(Cc2ncccc2C(C)(C)c2ccc(F)cc2)C2CCN(C(=O)n3ccnc3)CC2)c(C)c1. The van der Waals surface area contributed by atoms with E-state index in [4.69, 9.17) is 9.97 Å². The Bertz CT molecular complexity index is 1440. The third-order valence-electron chi connectivity index (χ3n) is 8.14. The normalized spacial score (nSPS) is 14.6. The van der Waals surface area contributed by atoms with Crippen molar-refractivity contribution < 1.29 is 9.18 Å². The predicted molar refractivity (Wildman–Crippen MR) is 153 cm³/mol. The number of rotatable bonds is 7. The van der Waals surface area contributed by atoms with Crippen LogP contribution in [-0.2, 0) is 18.5 Å². The second kappa shape index (κ2) is 11.7. The van der Waals surface area contributed by atoms with Gasteiger partial charge in [0.15, 0.2) is 0 Å². The maximum absolute atomic E-state index is 13.7. The Morgan fingerprint density at radius 2 is 1.75 bits per heavy atom. The van der Waals surface area contributed by atoms with Gasteiger partial charge in [-0.05, 0) is 67.1 Å². The van der Waals surface area contributed by atoms with Crippen LogP contribution in [0.4, 0.5) is 9.18 Å². The van der Waals surface area contributed by atoms with E-state index in [9.17, 15) is 9.18 Å². The van der Waals surface area contributed by atoms with E-state index in [1.54, 1.807) is 18.7 Å². The fourth-order valence-corrected chi connectivity index (χ4v) is 5.72. The van der Waals surface area contributed by atoms with E-state index < -0.39 is 0 Å². The molecule has 1 aliphatic rings. The van der Waals surface area contributed by atoms with E-state index in [0.717, 1.165) is 40.9 Å². The van der Waals surface area contributed by atoms with E-state index >= 15 is 0 Å². The lowest BCUT2D eigenvalue weighted by molar-refractivity contribution is 0.103. The molecule has 3 aromatic heterocycles. The number of pyridine rings is 2. The Morgan fingerprint density at radius 1 is 1.02 bits per heavy atom. The standard InChI is InChI=1S/C32H37FN6O/c1-23-18-24(2)29(36-19-23)20-39(27-11-15-37(16-12-27)31(40)38-17-14-34-22-38)21-30-28(6-5-13-35-30)32(3,4)25-7-9-26(33)10-8-25/h5-10,13-14,17-19,22,27H,11-12,15-16,20-21H2,1-4H3. The number of amides is 1. The number of nitrogens with zero attached hydrogens (tertiary/aromatic N) is 6. The molecule has 7 nitrogen and oxygen atoms in total. The Kier molecular flexibility index (Phi) is 8.07. The van der Waals surface area contributed by atoms with Crippen LogP contribution in [-0.4, -0.2) is 54.5 Å². The number of hydrogen-bond donors (Lipinski definition) is 0. The maximum Gasteiger partial charge on any atom is 0.329 e. The van der Waals surface area contributed by atoms with E-state index in [1.165, 1.54) is 22.3 Å². The zero-order valence-electron chi connectivity index (χ0n) is 23.7. The minimum absolute atomic E-state index is 0.0356. The van der Waals surface area contributed by atoms with Gasteiger partial charge in [0.2, 0.25) is 0 Å². The average molecular weight is 541 g/mol. The van der Waals surface area contributed by atoms with Gasteiger partial charge in [-0.2, -0.15) is 0 Å². The highest BCUT2D eigenvalue weighted by molar-refractivity contribution is 5.76. The van der Waals surface area contributed by atoms with Gasteiger partial charge in [-0.25, -0.2) is 14.2 Å². The van der Waals surface area contributed by atoms with Gasteiger partial charge in [0.25, 0.3) is 0 Å². The molecule has 0 atom stereocenters. The summed E-state index contributed by atoms with van der Waals surface area (Å²) in [6, 6.07) is 13.3. The highest BCUT2D eigenvalue weighted by Crippen LogP contribution is 2.34. The summed E-state index contributed by atoms with van der Waals surface area (Å²) in [5, 5.41) is 0. The molecule has 1 aromatic carbocycles. The molecule has 0 radical (unpaired) electrons. The fraction of sp³-hybridized carbons (Fsp3) is 0.375. The minimum atomic E-state index is -0.360. The first kappa shape index (κ1) is 27.6. The van der Waals surface area contributed by atoms with Gasteiger partial charge in [-0.1, -0.05) is 38.1 Å². The molecule has 8 heteroatoms. The lowest BCUT2D eigenvalue weighted by atomic mass is 9.77. The molecule has 0 unspecified atom stereocenters. The summed E-state index contributed by atoms with van der Waals surface area (Å²) in [5.74, 6) is -0.240. The van der Waals surface area contributed by atoms with Crippen LogP contribution < -0.4 is 0 Å². The smallest absolute Gasteiger partial charge is 0.324 e. The summed E-state index contributed by atoms with van der Waals surface area (Å²) in [4.78, 5) is 30.9. The van der Waals surface area contributed by atoms with E-state index in [1.807, 2.05) is 35.5 Å². The number of piperidine rings is 1. The number of aromatic nitrogens is 4. The third-order valence-corrected chi connectivity index (χ3v) is 8.14. The summed E-state index contributed by atoms with van der Waals surface area (Å²) in [6.07, 6.45) is 10.4. The van der Waals surface area contributed by atoms with Crippen molar-refractivity contribution in [2.75, 3.05) is 13.1 Å². The molecule has 208 valence electrons. The average Bonchev–Trinajstić information content (AvgIpc) is 3.49. The van der Waals surface area contributed by atoms with Crippen LogP contribution in [0.1, 0.15) is 60.3 Å². The topological polar surface area (TPSA) is 67.2 Å². The first-order valence-electron chi connectivity index (χ1n) is 13.9. The van der Waals surface area contributed by atoms with Gasteiger partial charge in [-0.15, -0.1) is 0 Å². The summed E-state index contributed by atoms with van der Waals surface area (Å²) in [5.41, 5.74) is 6.17. The number of aryl methyl sites for hydroxylation is 2. The summed E-state index contributed by atoms with van der Waals surface area (Å²) < 4.78 is 15.2. The number of carbonyl (C=O) groups is 1. The number of halogens is 1. The molecule has 1 aliphatic heterocycles. The zero-order valence-corrected chi connectivity index (χ0v) is 23.7. The number of imidazole rings is 1. The molecule has 1 fully saturated rings. The lowest BCUT2D eigenvalue weighted by Crippen LogP contribution is -2.47. The van der Waals surface area contributed by atoms with Crippen molar-refractivity contribution in [3.8, 4) is 0 Å². The van der Waals surface area contributed by atoms with E-state index in [2.05, 4.69) is 49.7 Å². The molecule has 0 saturated carbocycles. The molecule has 40 heavy (non-hydrogen) atoms. The number of benzene rings is 1. The molecular weight excluding hydrogens is 503 g/mol. The van der Waals surface area contributed by atoms with Crippen LogP contribution in [0.3, 0.4) is 0 Å². The molecule has 1 saturated heterocycles. The van der Waals surface area contributed by atoms with Crippen LogP contribution in [0.15, 0.2) is 73.6 Å². The second-order valence-corrected chi connectivity index (χ2v) is 11.3. The summed E-state index contributed by atoms with van der Waals surface area (Å²) in [6.45, 7) is 11.2. The first-order valence-corrected chi connectivity index (χ1v) is 13.9. The largest absolute Gasteiger partial charge is 0.329 e. The van der Waals surface area contributed by atoms with E-state index in [0.29, 0.717) is 26.2 Å². The van der Waals surface area contributed by atoms with Crippen molar-refractivity contribution in [1.29, 1.82) is 0 Å². The van der Waals surface area contributed by atoms with Crippen LogP contribution in [0.2, 0.25) is 0 Å². The first-order chi connectivity index (χ1) is 19.2. The Labute approximate surface area is 235 Å². The molecule has 0 aliphatic carbocycles. The molecule has 1 amide bonds. The van der Waals surface area contributed by atoms with Crippen molar-refractivity contribution in [1.82, 2.24) is 29.3 Å². The molecule has 4 heterocycles. The molecule has 0 bridgehead atoms. The monoisotopic (exact) mass is 540 g/mol. The summed E-state index contributed by atoms with van der Waals surface area (Å²) in [7, 11) is 0.